The lowest BCUT2D eigenvalue weighted by Crippen LogP contribution is -2.63. The summed E-state index contributed by atoms with van der Waals surface area (Å²) in [4.78, 5) is 165. The minimum atomic E-state index is -5.94. The standard InChI is InChI=1S/C18H20N2O18S2.C14H16N2O12S/c21-9-1-2-10(22)19(9)17(7-13(25)26,39(31,32)33)15(29)37-5-6-38-16(30)18(8-14(27)28,40(34,35)36)20-11(23)3-4-12(20)24;17-9-1-2-10(18)15(9)27-13(21)25-5-7-29(23,24)8-6-26-14(22)28-16-11(19)3-4-12(16)20/h1-8H2,(H,25,26)(H,27,28)(H,31,32,33)(H,34,35,36);1-8H2. The summed E-state index contributed by atoms with van der Waals surface area (Å²) in [6.07, 6.45) is -9.68. The zero-order valence-corrected chi connectivity index (χ0v) is 37.2. The van der Waals surface area contributed by atoms with Crippen LogP contribution in [0.15, 0.2) is 0 Å². The number of carbonyl (C=O) groups is 14. The zero-order chi connectivity index (χ0) is 52.4. The number of carbonyl (C=O) groups excluding carboxylic acids is 12. The molecule has 4 aliphatic heterocycles. The van der Waals surface area contributed by atoms with E-state index in [0.717, 1.165) is 0 Å². The molecule has 4 N–H and O–H groups in total. The van der Waals surface area contributed by atoms with Gasteiger partial charge >= 0.3 is 56.4 Å². The van der Waals surface area contributed by atoms with Crippen molar-refractivity contribution in [1.29, 1.82) is 0 Å². The number of hydrogen-bond donors (Lipinski definition) is 4. The van der Waals surface area contributed by atoms with Crippen LogP contribution >= 0.6 is 0 Å². The summed E-state index contributed by atoms with van der Waals surface area (Å²) in [6.45, 7) is -3.90. The number of ether oxygens (including phenoxy) is 4. The van der Waals surface area contributed by atoms with E-state index in [9.17, 15) is 101 Å². The van der Waals surface area contributed by atoms with Crippen LogP contribution < -0.4 is 0 Å². The molecule has 4 saturated heterocycles. The molecule has 69 heavy (non-hydrogen) atoms. The summed E-state index contributed by atoms with van der Waals surface area (Å²) in [7, 11) is -15.7. The van der Waals surface area contributed by atoms with Crippen LogP contribution in [0.3, 0.4) is 0 Å². The van der Waals surface area contributed by atoms with Gasteiger partial charge in [0.05, 0.1) is 24.3 Å². The summed E-state index contributed by atoms with van der Waals surface area (Å²) in [5.41, 5.74) is 0. The van der Waals surface area contributed by atoms with Crippen molar-refractivity contribution < 1.29 is 140 Å². The average Bonchev–Trinajstić information content (AvgIpc) is 3.95. The van der Waals surface area contributed by atoms with Gasteiger partial charge in [-0.3, -0.25) is 66.7 Å². The molecule has 0 aromatic carbocycles. The minimum Gasteiger partial charge on any atom is -0.481 e. The highest BCUT2D eigenvalue weighted by atomic mass is 32.2. The number of hydrogen-bond acceptors (Lipinski definition) is 26. The third-order valence-electron chi connectivity index (χ3n) is 9.22. The molecule has 34 nitrogen and oxygen atoms in total. The smallest absolute Gasteiger partial charge is 0.481 e. The first-order chi connectivity index (χ1) is 31.8. The fourth-order valence-electron chi connectivity index (χ4n) is 6.10. The number of imide groups is 4. The van der Waals surface area contributed by atoms with E-state index in [2.05, 4.69) is 28.6 Å². The number of sulfone groups is 1. The van der Waals surface area contributed by atoms with Crippen molar-refractivity contribution in [3.8, 4) is 0 Å². The highest BCUT2D eigenvalue weighted by Gasteiger charge is 2.65. The Labute approximate surface area is 384 Å². The van der Waals surface area contributed by atoms with E-state index < -0.39 is 200 Å². The van der Waals surface area contributed by atoms with E-state index >= 15 is 0 Å². The lowest BCUT2D eigenvalue weighted by molar-refractivity contribution is -0.177. The number of carboxylic acid groups (broad SMARTS) is 2. The van der Waals surface area contributed by atoms with Crippen molar-refractivity contribution in [2.45, 2.75) is 74.0 Å². The van der Waals surface area contributed by atoms with Crippen molar-refractivity contribution in [1.82, 2.24) is 19.9 Å². The molecule has 4 aliphatic rings. The van der Waals surface area contributed by atoms with Gasteiger partial charge in [0.2, 0.25) is 23.6 Å². The second-order valence-electron chi connectivity index (χ2n) is 13.9. The molecule has 0 aliphatic carbocycles. The SMILES string of the molecule is O=C(O)CC(C(=O)OCCOC(=O)C(CC(=O)O)(N1C(=O)CCC1=O)S(=O)(=O)O)(N1C(=O)CCC1=O)S(=O)(=O)O.O=C(OCCS(=O)(=O)CCOC(=O)ON1C(=O)CCC1=O)ON1C(=O)CCC1=O. The first-order valence-corrected chi connectivity index (χ1v) is 23.6. The second kappa shape index (κ2) is 22.2. The second-order valence-corrected chi connectivity index (χ2v) is 19.4. The van der Waals surface area contributed by atoms with E-state index in [1.54, 1.807) is 0 Å². The van der Waals surface area contributed by atoms with E-state index in [0.29, 0.717) is 0 Å². The molecule has 0 aromatic rings. The van der Waals surface area contributed by atoms with Crippen molar-refractivity contribution in [2.24, 2.45) is 0 Å². The van der Waals surface area contributed by atoms with Crippen LogP contribution in [0.1, 0.15) is 64.2 Å². The van der Waals surface area contributed by atoms with Crippen LogP contribution in [0.5, 0.6) is 0 Å². The van der Waals surface area contributed by atoms with Crippen LogP contribution in [0, 0.1) is 0 Å². The molecule has 8 amide bonds. The number of carboxylic acids is 2. The number of hydroxylamine groups is 4. The summed E-state index contributed by atoms with van der Waals surface area (Å²) in [5, 5.41) is 18.8. The van der Waals surface area contributed by atoms with Crippen molar-refractivity contribution in [2.75, 3.05) is 37.9 Å². The Balaban J connectivity index is 0.000000384. The minimum absolute atomic E-state index is 0.108. The highest BCUT2D eigenvalue weighted by Crippen LogP contribution is 2.35. The van der Waals surface area contributed by atoms with Gasteiger partial charge in [0, 0.05) is 51.4 Å². The molecule has 4 rings (SSSR count). The Morgan fingerprint density at radius 3 is 0.942 bits per heavy atom. The van der Waals surface area contributed by atoms with Crippen LogP contribution in [-0.4, -0.2) is 196 Å². The Hall–Kier alpha value is -7.25. The number of esters is 2. The van der Waals surface area contributed by atoms with E-state index in [4.69, 9.17) is 10.2 Å². The molecule has 0 spiro atoms. The lowest BCUT2D eigenvalue weighted by atomic mass is 10.1. The van der Waals surface area contributed by atoms with Crippen molar-refractivity contribution in [3.63, 3.8) is 0 Å². The number of likely N-dealkylation sites (tertiary alicyclic amines) is 2. The van der Waals surface area contributed by atoms with Crippen molar-refractivity contribution in [3.05, 3.63) is 0 Å². The Morgan fingerprint density at radius 1 is 0.435 bits per heavy atom. The first-order valence-electron chi connectivity index (χ1n) is 18.9. The number of amides is 8. The maximum Gasteiger partial charge on any atom is 0.533 e. The third kappa shape index (κ3) is 13.3. The van der Waals surface area contributed by atoms with Crippen LogP contribution in [0.2, 0.25) is 0 Å². The van der Waals surface area contributed by atoms with Crippen LogP contribution in [0.4, 0.5) is 9.59 Å². The molecule has 0 aromatic heterocycles. The number of aliphatic carboxylic acids is 2. The fourth-order valence-corrected chi connectivity index (χ4v) is 8.99. The molecule has 0 saturated carbocycles. The molecular formula is C32H36N4O30S3. The Morgan fingerprint density at radius 2 is 0.696 bits per heavy atom. The molecule has 4 heterocycles. The van der Waals surface area contributed by atoms with Gasteiger partial charge in [-0.1, -0.05) is 10.1 Å². The van der Waals surface area contributed by atoms with Gasteiger partial charge in [0.15, 0.2) is 9.84 Å². The Kier molecular flexibility index (Phi) is 18.1. The molecule has 0 bridgehead atoms. The predicted octanol–water partition coefficient (Wildman–Crippen LogP) is -4.68. The molecule has 0 radical (unpaired) electrons. The van der Waals surface area contributed by atoms with Gasteiger partial charge in [-0.25, -0.2) is 37.4 Å². The van der Waals surface area contributed by atoms with Gasteiger partial charge in [-0.2, -0.15) is 16.8 Å². The molecular weight excluding hydrogens is 1020 g/mol. The first kappa shape index (κ1) is 56.1. The van der Waals surface area contributed by atoms with Crippen molar-refractivity contribution >= 4 is 114 Å². The average molecular weight is 1050 g/mol. The molecule has 4 fully saturated rings. The number of rotatable bonds is 21. The van der Waals surface area contributed by atoms with Gasteiger partial charge in [0.1, 0.15) is 26.4 Å². The third-order valence-corrected chi connectivity index (χ3v) is 13.5. The zero-order valence-electron chi connectivity index (χ0n) is 34.7. The fraction of sp³-hybridized carbons (Fsp3) is 0.562. The van der Waals surface area contributed by atoms with E-state index in [-0.39, 0.29) is 45.6 Å². The van der Waals surface area contributed by atoms with Gasteiger partial charge < -0.3 is 29.2 Å². The van der Waals surface area contributed by atoms with Crippen LogP contribution in [0.25, 0.3) is 0 Å². The summed E-state index contributed by atoms with van der Waals surface area (Å²) < 4.78 is 109. The number of nitrogens with zero attached hydrogens (tertiary/aromatic N) is 4. The highest BCUT2D eigenvalue weighted by molar-refractivity contribution is 7.91. The monoisotopic (exact) mass is 1050 g/mol. The van der Waals surface area contributed by atoms with Gasteiger partial charge in [-0.05, 0) is 0 Å². The summed E-state index contributed by atoms with van der Waals surface area (Å²) in [6, 6.07) is 0. The predicted molar refractivity (Wildman–Crippen MR) is 203 cm³/mol. The molecule has 37 heteroatoms. The topological polar surface area (TPSA) is 491 Å². The maximum absolute atomic E-state index is 12.7. The normalized spacial score (nSPS) is 18.3. The lowest BCUT2D eigenvalue weighted by Gasteiger charge is -2.34. The molecule has 2 unspecified atom stereocenters. The molecule has 382 valence electrons. The summed E-state index contributed by atoms with van der Waals surface area (Å²) >= 11 is 0. The summed E-state index contributed by atoms with van der Waals surface area (Å²) in [5.74, 6) is -18.3. The molecule has 2 atom stereocenters. The Bertz CT molecular complexity index is 2340. The van der Waals surface area contributed by atoms with E-state index in [1.807, 2.05) is 0 Å². The van der Waals surface area contributed by atoms with Gasteiger partial charge in [-0.15, -0.1) is 0 Å². The quantitative estimate of drug-likeness (QED) is 0.0276. The van der Waals surface area contributed by atoms with Gasteiger partial charge in [0.25, 0.3) is 33.4 Å². The van der Waals surface area contributed by atoms with Crippen LogP contribution in [-0.2, 0) is 116 Å². The maximum atomic E-state index is 12.7. The van der Waals surface area contributed by atoms with E-state index in [1.165, 1.54) is 0 Å². The largest absolute Gasteiger partial charge is 0.533 e.